The van der Waals surface area contributed by atoms with Gasteiger partial charge in [0.05, 0.1) is 13.8 Å². The van der Waals surface area contributed by atoms with Gasteiger partial charge in [0.2, 0.25) is 0 Å². The van der Waals surface area contributed by atoms with Gasteiger partial charge in [-0.15, -0.1) is 0 Å². The van der Waals surface area contributed by atoms with Gasteiger partial charge in [0.25, 0.3) is 5.91 Å². The van der Waals surface area contributed by atoms with Crippen molar-refractivity contribution in [3.63, 3.8) is 0 Å². The topological polar surface area (TPSA) is 78.0 Å². The zero-order valence-electron chi connectivity index (χ0n) is 16.7. The van der Waals surface area contributed by atoms with Crippen LogP contribution < -0.4 is 15.0 Å². The van der Waals surface area contributed by atoms with E-state index in [0.717, 1.165) is 32.0 Å². The number of pyridine rings is 1. The van der Waals surface area contributed by atoms with E-state index in [2.05, 4.69) is 20.1 Å². The van der Waals surface area contributed by atoms with Crippen LogP contribution in [0.25, 0.3) is 0 Å². The number of methoxy groups -OCH3 is 1. The van der Waals surface area contributed by atoms with Crippen LogP contribution >= 0.6 is 0 Å². The van der Waals surface area contributed by atoms with Crippen molar-refractivity contribution in [2.45, 2.75) is 12.5 Å². The van der Waals surface area contributed by atoms with Crippen molar-refractivity contribution in [2.24, 2.45) is 0 Å². The number of nitrogens with one attached hydrogen (secondary N) is 1. The zero-order chi connectivity index (χ0) is 20.4. The van der Waals surface area contributed by atoms with Gasteiger partial charge in [0, 0.05) is 32.4 Å². The van der Waals surface area contributed by atoms with Crippen LogP contribution in [0.3, 0.4) is 0 Å². The average Bonchev–Trinajstić information content (AvgIpc) is 2.99. The molecule has 0 aliphatic carbocycles. The Bertz CT molecular complexity index is 898. The summed E-state index contributed by atoms with van der Waals surface area (Å²) in [7, 11) is 1.58. The van der Waals surface area contributed by atoms with Crippen LogP contribution in [0.1, 0.15) is 12.5 Å². The molecule has 2 fully saturated rings. The Balaban J connectivity index is 1.42. The maximum Gasteiger partial charge on any atom is 0.326 e. The third-order valence-corrected chi connectivity index (χ3v) is 5.61. The van der Waals surface area contributed by atoms with Crippen LogP contribution in [0, 0.1) is 0 Å². The van der Waals surface area contributed by atoms with E-state index in [1.165, 1.54) is 4.90 Å². The fourth-order valence-electron chi connectivity index (χ4n) is 3.81. The Morgan fingerprint density at radius 2 is 1.90 bits per heavy atom. The summed E-state index contributed by atoms with van der Waals surface area (Å²) >= 11 is 0. The van der Waals surface area contributed by atoms with Crippen molar-refractivity contribution < 1.29 is 14.3 Å². The predicted molar refractivity (Wildman–Crippen MR) is 109 cm³/mol. The van der Waals surface area contributed by atoms with Crippen LogP contribution in [-0.2, 0) is 10.3 Å². The third kappa shape index (κ3) is 3.63. The largest absolute Gasteiger partial charge is 0.497 e. The number of amides is 3. The summed E-state index contributed by atoms with van der Waals surface area (Å²) in [5.41, 5.74) is -0.390. The highest BCUT2D eigenvalue weighted by atomic mass is 16.5. The number of hydrogen-bond donors (Lipinski definition) is 1. The summed E-state index contributed by atoms with van der Waals surface area (Å²) in [6, 6.07) is 12.7. The lowest BCUT2D eigenvalue weighted by molar-refractivity contribution is -0.132. The van der Waals surface area contributed by atoms with Gasteiger partial charge in [-0.05, 0) is 36.8 Å². The van der Waals surface area contributed by atoms with Gasteiger partial charge >= 0.3 is 6.03 Å². The molecule has 4 rings (SSSR count). The number of benzene rings is 1. The van der Waals surface area contributed by atoms with E-state index in [1.807, 2.05) is 36.4 Å². The minimum absolute atomic E-state index is 0.247. The molecular weight excluding hydrogens is 370 g/mol. The second kappa shape index (κ2) is 7.71. The number of anilines is 1. The fraction of sp³-hybridized carbons (Fsp3) is 0.381. The van der Waals surface area contributed by atoms with E-state index in [9.17, 15) is 9.59 Å². The van der Waals surface area contributed by atoms with Gasteiger partial charge in [-0.25, -0.2) is 14.7 Å². The first-order chi connectivity index (χ1) is 14.0. The van der Waals surface area contributed by atoms with Gasteiger partial charge in [0.1, 0.15) is 17.1 Å². The maximum atomic E-state index is 13.2. The number of ether oxygens (including phenoxy) is 1. The monoisotopic (exact) mass is 395 g/mol. The van der Waals surface area contributed by atoms with Crippen molar-refractivity contribution in [2.75, 3.05) is 44.9 Å². The minimum atomic E-state index is -1.10. The van der Waals surface area contributed by atoms with Crippen LogP contribution in [-0.4, -0.2) is 66.7 Å². The van der Waals surface area contributed by atoms with Gasteiger partial charge in [-0.1, -0.05) is 18.2 Å². The molecule has 1 N–H and O–H groups in total. The molecule has 0 bridgehead atoms. The first kappa shape index (κ1) is 19.2. The van der Waals surface area contributed by atoms with E-state index in [0.29, 0.717) is 11.3 Å². The first-order valence-corrected chi connectivity index (χ1v) is 9.68. The summed E-state index contributed by atoms with van der Waals surface area (Å²) < 4.78 is 5.26. The van der Waals surface area contributed by atoms with E-state index < -0.39 is 5.54 Å². The van der Waals surface area contributed by atoms with E-state index >= 15 is 0 Å². The zero-order valence-corrected chi connectivity index (χ0v) is 16.7. The minimum Gasteiger partial charge on any atom is -0.497 e. The Hall–Kier alpha value is -3.13. The Labute approximate surface area is 170 Å². The van der Waals surface area contributed by atoms with Crippen molar-refractivity contribution in [3.05, 3.63) is 54.2 Å². The molecule has 29 heavy (non-hydrogen) atoms. The molecule has 0 saturated carbocycles. The molecule has 0 radical (unpaired) electrons. The van der Waals surface area contributed by atoms with Crippen LogP contribution in [0.2, 0.25) is 0 Å². The molecule has 3 amide bonds. The lowest BCUT2D eigenvalue weighted by Crippen LogP contribution is -2.51. The predicted octanol–water partition coefficient (Wildman–Crippen LogP) is 1.64. The number of hydrogen-bond acceptors (Lipinski definition) is 6. The average molecular weight is 395 g/mol. The smallest absolute Gasteiger partial charge is 0.326 e. The molecule has 152 valence electrons. The molecule has 0 spiro atoms. The summed E-state index contributed by atoms with van der Waals surface area (Å²) in [4.78, 5) is 35.8. The molecule has 1 aromatic heterocycles. The highest BCUT2D eigenvalue weighted by Crippen LogP contribution is 2.31. The Kier molecular flexibility index (Phi) is 5.10. The van der Waals surface area contributed by atoms with Gasteiger partial charge in [0.15, 0.2) is 0 Å². The lowest BCUT2D eigenvalue weighted by atomic mass is 9.92. The quantitative estimate of drug-likeness (QED) is 0.776. The fourth-order valence-corrected chi connectivity index (χ4v) is 3.81. The lowest BCUT2D eigenvalue weighted by Gasteiger charge is -2.36. The van der Waals surface area contributed by atoms with Crippen molar-refractivity contribution >= 4 is 17.8 Å². The van der Waals surface area contributed by atoms with Crippen LogP contribution in [0.4, 0.5) is 10.6 Å². The van der Waals surface area contributed by atoms with Crippen molar-refractivity contribution in [1.29, 1.82) is 0 Å². The van der Waals surface area contributed by atoms with E-state index in [-0.39, 0.29) is 18.6 Å². The molecule has 2 saturated heterocycles. The molecule has 8 heteroatoms. The Morgan fingerprint density at radius 1 is 1.10 bits per heavy atom. The molecule has 1 aromatic carbocycles. The molecule has 1 atom stereocenters. The van der Waals surface area contributed by atoms with Crippen molar-refractivity contribution in [3.8, 4) is 5.75 Å². The maximum absolute atomic E-state index is 13.2. The summed E-state index contributed by atoms with van der Waals surface area (Å²) in [6.07, 6.45) is 1.79. The number of rotatable bonds is 5. The van der Waals surface area contributed by atoms with E-state index in [4.69, 9.17) is 4.74 Å². The van der Waals surface area contributed by atoms with Crippen LogP contribution in [0.15, 0.2) is 48.7 Å². The third-order valence-electron chi connectivity index (χ3n) is 5.61. The number of piperazine rings is 1. The molecule has 2 aliphatic heterocycles. The molecular formula is C21H25N5O3. The Morgan fingerprint density at radius 3 is 2.59 bits per heavy atom. The number of nitrogens with zero attached hydrogens (tertiary/aromatic N) is 4. The standard InChI is InChI=1S/C21H25N5O3/c1-21(16-6-5-7-17(14-16)29-2)19(27)26(20(28)23-21)15-24-10-12-25(13-11-24)18-8-3-4-9-22-18/h3-9,14H,10-13,15H2,1-2H3,(H,23,28)/t21-/m1/s1. The molecule has 2 aliphatic rings. The van der Waals surface area contributed by atoms with Gasteiger partial charge < -0.3 is 15.0 Å². The molecule has 3 heterocycles. The first-order valence-electron chi connectivity index (χ1n) is 9.68. The number of aromatic nitrogens is 1. The second-order valence-electron chi connectivity index (χ2n) is 7.45. The van der Waals surface area contributed by atoms with E-state index in [1.54, 1.807) is 26.3 Å². The number of imide groups is 1. The normalized spacial score (nSPS) is 22.7. The molecule has 0 unspecified atom stereocenters. The van der Waals surface area contributed by atoms with Gasteiger partial charge in [-0.3, -0.25) is 9.69 Å². The summed E-state index contributed by atoms with van der Waals surface area (Å²) in [6.45, 7) is 5.12. The highest BCUT2D eigenvalue weighted by Gasteiger charge is 2.49. The number of urea groups is 1. The number of carbonyl (C=O) groups is 2. The van der Waals surface area contributed by atoms with Gasteiger partial charge in [-0.2, -0.15) is 0 Å². The highest BCUT2D eigenvalue weighted by molar-refractivity contribution is 6.07. The SMILES string of the molecule is COc1cccc([C@@]2(C)NC(=O)N(CN3CCN(c4ccccn4)CC3)C2=O)c1. The van der Waals surface area contributed by atoms with Crippen molar-refractivity contribution in [1.82, 2.24) is 20.1 Å². The summed E-state index contributed by atoms with van der Waals surface area (Å²) in [5.74, 6) is 1.35. The number of carbonyl (C=O) groups excluding carboxylic acids is 2. The second-order valence-corrected chi connectivity index (χ2v) is 7.45. The molecule has 2 aromatic rings. The molecule has 8 nitrogen and oxygen atoms in total. The van der Waals surface area contributed by atoms with Crippen LogP contribution in [0.5, 0.6) is 5.75 Å². The summed E-state index contributed by atoms with van der Waals surface area (Å²) in [5, 5.41) is 2.86.